The van der Waals surface area contributed by atoms with E-state index in [9.17, 15) is 0 Å². The SMILES string of the molecule is COc1c2c(c(Br)c3c1[C@@H](Cc1ccc4c(c1)OCO4)N(C)CC3)OCO2. The number of nitrogens with zero attached hydrogens (tertiary/aromatic N) is 1. The maximum atomic E-state index is 5.80. The van der Waals surface area contributed by atoms with Crippen LogP contribution in [0.2, 0.25) is 0 Å². The lowest BCUT2D eigenvalue weighted by atomic mass is 9.87. The van der Waals surface area contributed by atoms with Crippen molar-refractivity contribution >= 4 is 15.9 Å². The van der Waals surface area contributed by atoms with Gasteiger partial charge in [0.25, 0.3) is 0 Å². The van der Waals surface area contributed by atoms with Crippen LogP contribution in [0.15, 0.2) is 22.7 Å². The van der Waals surface area contributed by atoms with Crippen molar-refractivity contribution in [2.75, 3.05) is 34.3 Å². The van der Waals surface area contributed by atoms with Gasteiger partial charge in [0.2, 0.25) is 19.3 Å². The van der Waals surface area contributed by atoms with E-state index in [1.54, 1.807) is 7.11 Å². The molecule has 0 amide bonds. The Kier molecular flexibility index (Phi) is 4.09. The fourth-order valence-electron chi connectivity index (χ4n) is 4.14. The van der Waals surface area contributed by atoms with E-state index in [0.29, 0.717) is 5.75 Å². The summed E-state index contributed by atoms with van der Waals surface area (Å²) < 4.78 is 29.2. The van der Waals surface area contributed by atoms with Crippen LogP contribution >= 0.6 is 15.9 Å². The molecule has 6 nitrogen and oxygen atoms in total. The standard InChI is InChI=1S/C20H20BrNO5/c1-22-6-5-12-16(18(23-2)20-19(17(12)21)26-10-27-20)13(22)7-11-3-4-14-15(8-11)25-9-24-14/h3-4,8,13H,5-7,9-10H2,1-2H3/t13-/m1/s1. The van der Waals surface area contributed by atoms with Gasteiger partial charge >= 0.3 is 0 Å². The summed E-state index contributed by atoms with van der Waals surface area (Å²) in [5.41, 5.74) is 3.60. The lowest BCUT2D eigenvalue weighted by molar-refractivity contribution is 0.170. The van der Waals surface area contributed by atoms with Gasteiger partial charge in [-0.25, -0.2) is 0 Å². The first-order chi connectivity index (χ1) is 13.2. The quantitative estimate of drug-likeness (QED) is 0.735. The minimum Gasteiger partial charge on any atom is -0.492 e. The van der Waals surface area contributed by atoms with Crippen LogP contribution in [0.3, 0.4) is 0 Å². The first-order valence-corrected chi connectivity index (χ1v) is 9.73. The average Bonchev–Trinajstić information content (AvgIpc) is 3.33. The summed E-state index contributed by atoms with van der Waals surface area (Å²) in [6, 6.07) is 6.31. The second-order valence-electron chi connectivity index (χ2n) is 6.94. The molecule has 2 aromatic rings. The minimum absolute atomic E-state index is 0.162. The number of rotatable bonds is 3. The molecule has 2 aromatic carbocycles. The fraction of sp³-hybridized carbons (Fsp3) is 0.400. The Morgan fingerprint density at radius 3 is 2.74 bits per heavy atom. The van der Waals surface area contributed by atoms with Crippen LogP contribution in [0, 0.1) is 0 Å². The van der Waals surface area contributed by atoms with E-state index >= 15 is 0 Å². The van der Waals surface area contributed by atoms with Crippen molar-refractivity contribution in [3.05, 3.63) is 39.4 Å². The Labute approximate surface area is 166 Å². The van der Waals surface area contributed by atoms with Crippen molar-refractivity contribution in [3.8, 4) is 28.7 Å². The molecule has 0 aliphatic carbocycles. The smallest absolute Gasteiger partial charge is 0.231 e. The van der Waals surface area contributed by atoms with Gasteiger partial charge in [-0.2, -0.15) is 0 Å². The summed E-state index contributed by atoms with van der Waals surface area (Å²) in [6.45, 7) is 1.47. The molecule has 0 radical (unpaired) electrons. The monoisotopic (exact) mass is 433 g/mol. The van der Waals surface area contributed by atoms with Crippen LogP contribution in [-0.2, 0) is 12.8 Å². The zero-order valence-corrected chi connectivity index (χ0v) is 16.8. The van der Waals surface area contributed by atoms with Crippen LogP contribution < -0.4 is 23.7 Å². The maximum Gasteiger partial charge on any atom is 0.231 e. The normalized spacial score (nSPS) is 19.9. The highest BCUT2D eigenvalue weighted by Gasteiger charge is 2.36. The van der Waals surface area contributed by atoms with Crippen molar-refractivity contribution in [3.63, 3.8) is 0 Å². The van der Waals surface area contributed by atoms with E-state index in [1.165, 1.54) is 16.7 Å². The van der Waals surface area contributed by atoms with Crippen molar-refractivity contribution in [2.45, 2.75) is 18.9 Å². The number of benzene rings is 2. The fourth-order valence-corrected chi connectivity index (χ4v) is 4.84. The zero-order valence-electron chi connectivity index (χ0n) is 15.2. The largest absolute Gasteiger partial charge is 0.492 e. The molecule has 0 unspecified atom stereocenters. The number of fused-ring (bicyclic) bond motifs is 3. The molecule has 5 rings (SSSR count). The summed E-state index contributed by atoms with van der Waals surface area (Å²) in [4.78, 5) is 2.37. The van der Waals surface area contributed by atoms with Crippen LogP contribution in [0.1, 0.15) is 22.7 Å². The third-order valence-electron chi connectivity index (χ3n) is 5.50. The predicted octanol–water partition coefficient (Wildman–Crippen LogP) is 3.69. The molecule has 27 heavy (non-hydrogen) atoms. The highest BCUT2D eigenvalue weighted by atomic mass is 79.9. The van der Waals surface area contributed by atoms with Gasteiger partial charge in [0.05, 0.1) is 11.6 Å². The summed E-state index contributed by atoms with van der Waals surface area (Å²) in [7, 11) is 3.84. The van der Waals surface area contributed by atoms with E-state index in [1.807, 2.05) is 6.07 Å². The molecule has 0 spiro atoms. The van der Waals surface area contributed by atoms with E-state index in [4.69, 9.17) is 23.7 Å². The van der Waals surface area contributed by atoms with Crippen LogP contribution in [0.5, 0.6) is 28.7 Å². The van der Waals surface area contributed by atoms with Gasteiger partial charge in [0.1, 0.15) is 0 Å². The molecule has 0 fully saturated rings. The van der Waals surface area contributed by atoms with Crippen LogP contribution in [0.25, 0.3) is 0 Å². The van der Waals surface area contributed by atoms with Gasteiger partial charge < -0.3 is 23.7 Å². The predicted molar refractivity (Wildman–Crippen MR) is 102 cm³/mol. The first kappa shape index (κ1) is 17.0. The van der Waals surface area contributed by atoms with E-state index < -0.39 is 0 Å². The number of hydrogen-bond donors (Lipinski definition) is 0. The van der Waals surface area contributed by atoms with Crippen molar-refractivity contribution in [1.82, 2.24) is 4.90 Å². The second kappa shape index (κ2) is 6.49. The molecular weight excluding hydrogens is 414 g/mol. The molecule has 0 saturated carbocycles. The van der Waals surface area contributed by atoms with Crippen molar-refractivity contribution in [2.24, 2.45) is 0 Å². The number of likely N-dealkylation sites (N-methyl/N-ethyl adjacent to an activating group) is 1. The molecule has 3 aliphatic heterocycles. The van der Waals surface area contributed by atoms with Gasteiger partial charge in [0, 0.05) is 18.2 Å². The van der Waals surface area contributed by atoms with Gasteiger partial charge in [-0.1, -0.05) is 6.07 Å². The lowest BCUT2D eigenvalue weighted by Gasteiger charge is -2.36. The topological polar surface area (TPSA) is 49.4 Å². The van der Waals surface area contributed by atoms with Crippen molar-refractivity contribution in [1.29, 1.82) is 0 Å². The third-order valence-corrected chi connectivity index (χ3v) is 6.34. The molecule has 142 valence electrons. The highest BCUT2D eigenvalue weighted by Crippen LogP contribution is 2.54. The molecular formula is C20H20BrNO5. The molecule has 0 aromatic heterocycles. The molecule has 3 aliphatic rings. The summed E-state index contributed by atoms with van der Waals surface area (Å²) in [5, 5.41) is 0. The molecule has 0 saturated heterocycles. The number of hydrogen-bond acceptors (Lipinski definition) is 6. The zero-order chi connectivity index (χ0) is 18.5. The highest BCUT2D eigenvalue weighted by molar-refractivity contribution is 9.10. The Bertz CT molecular complexity index is 916. The van der Waals surface area contributed by atoms with Crippen molar-refractivity contribution < 1.29 is 23.7 Å². The minimum atomic E-state index is 0.162. The first-order valence-electron chi connectivity index (χ1n) is 8.94. The van der Waals surface area contributed by atoms with Gasteiger partial charge in [-0.15, -0.1) is 0 Å². The van der Waals surface area contributed by atoms with E-state index in [0.717, 1.165) is 46.9 Å². The Morgan fingerprint density at radius 2 is 1.89 bits per heavy atom. The average molecular weight is 434 g/mol. The number of ether oxygens (including phenoxy) is 5. The van der Waals surface area contributed by atoms with Gasteiger partial charge in [-0.3, -0.25) is 4.90 Å². The Balaban J connectivity index is 1.59. The maximum absolute atomic E-state index is 5.80. The van der Waals surface area contributed by atoms with Crippen LogP contribution in [-0.4, -0.2) is 39.2 Å². The summed E-state index contributed by atoms with van der Waals surface area (Å²) in [6.07, 6.45) is 1.76. The number of halogens is 1. The van der Waals surface area contributed by atoms with Gasteiger partial charge in [0.15, 0.2) is 23.0 Å². The summed E-state index contributed by atoms with van der Waals surface area (Å²) in [5.74, 6) is 3.83. The molecule has 3 heterocycles. The van der Waals surface area contributed by atoms with E-state index in [-0.39, 0.29) is 19.6 Å². The number of methoxy groups -OCH3 is 1. The van der Waals surface area contributed by atoms with Crippen LogP contribution in [0.4, 0.5) is 0 Å². The molecule has 1 atom stereocenters. The molecule has 0 N–H and O–H groups in total. The van der Waals surface area contributed by atoms with E-state index in [2.05, 4.69) is 40.0 Å². The molecule has 7 heteroatoms. The summed E-state index contributed by atoms with van der Waals surface area (Å²) >= 11 is 3.74. The Hall–Kier alpha value is -2.12. The Morgan fingerprint density at radius 1 is 1.11 bits per heavy atom. The third kappa shape index (κ3) is 2.63. The lowest BCUT2D eigenvalue weighted by Crippen LogP contribution is -2.34. The molecule has 0 bridgehead atoms. The second-order valence-corrected chi connectivity index (χ2v) is 7.74. The van der Waals surface area contributed by atoms with Gasteiger partial charge in [-0.05, 0) is 59.1 Å².